The number of hydrogen-bond acceptors (Lipinski definition) is 1. The van der Waals surface area contributed by atoms with Crippen molar-refractivity contribution in [3.63, 3.8) is 0 Å². The quantitative estimate of drug-likeness (QED) is 0.533. The van der Waals surface area contributed by atoms with Gasteiger partial charge in [-0.3, -0.25) is 4.79 Å². The van der Waals surface area contributed by atoms with Crippen LogP contribution in [0.15, 0.2) is 24.4 Å². The lowest BCUT2D eigenvalue weighted by molar-refractivity contribution is -0.124. The summed E-state index contributed by atoms with van der Waals surface area (Å²) < 4.78 is 33.0. The molecule has 1 unspecified atom stereocenters. The molecule has 1 saturated heterocycles. The maximum atomic E-state index is 15.7. The molecular formula is C23H34F2N2OSi. The monoisotopic (exact) mass is 420 g/mol. The van der Waals surface area contributed by atoms with E-state index in [0.717, 1.165) is 5.52 Å². The van der Waals surface area contributed by atoms with Crippen molar-refractivity contribution in [2.45, 2.75) is 89.6 Å². The molecular weight excluding hydrogens is 386 g/mol. The van der Waals surface area contributed by atoms with Crippen LogP contribution < -0.4 is 5.32 Å². The van der Waals surface area contributed by atoms with Crippen LogP contribution in [0.25, 0.3) is 10.9 Å². The third-order valence-electron chi connectivity index (χ3n) is 6.92. The average molecular weight is 421 g/mol. The molecule has 0 radical (unpaired) electrons. The fourth-order valence-corrected chi connectivity index (χ4v) is 12.5. The molecule has 0 aliphatic carbocycles. The molecule has 1 aliphatic rings. The molecule has 1 amide bonds. The van der Waals surface area contributed by atoms with Crippen molar-refractivity contribution in [2.75, 3.05) is 0 Å². The minimum absolute atomic E-state index is 0.122. The molecule has 2 atom stereocenters. The summed E-state index contributed by atoms with van der Waals surface area (Å²) in [5.74, 6) is -0.511. The zero-order chi connectivity index (χ0) is 21.5. The van der Waals surface area contributed by atoms with Gasteiger partial charge in [-0.2, -0.15) is 0 Å². The lowest BCUT2D eigenvalue weighted by Gasteiger charge is -2.44. The first-order valence-electron chi connectivity index (χ1n) is 10.9. The summed E-state index contributed by atoms with van der Waals surface area (Å²) in [5.41, 5.74) is 2.38. The molecule has 1 N–H and O–H groups in total. The van der Waals surface area contributed by atoms with Crippen LogP contribution in [0.4, 0.5) is 8.78 Å². The van der Waals surface area contributed by atoms with Crippen molar-refractivity contribution in [2.24, 2.45) is 0 Å². The third-order valence-corrected chi connectivity index (χ3v) is 13.7. The number of rotatable bonds is 6. The SMILES string of the molecule is CC(C)[Si](C(C)C)(C(C)C)n1cc([C@H](F)C2CCCC(=O)N2)c2c(F)cccc21. The van der Waals surface area contributed by atoms with Crippen LogP contribution in [0.2, 0.25) is 16.6 Å². The first-order chi connectivity index (χ1) is 13.6. The summed E-state index contributed by atoms with van der Waals surface area (Å²) >= 11 is 0. The summed E-state index contributed by atoms with van der Waals surface area (Å²) in [5, 5.41) is 3.15. The number of alkyl halides is 1. The number of carbonyl (C=O) groups is 1. The number of amides is 1. The predicted octanol–water partition coefficient (Wildman–Crippen LogP) is 6.48. The van der Waals surface area contributed by atoms with Crippen LogP contribution in [0.1, 0.15) is 72.5 Å². The Balaban J connectivity index is 2.25. The van der Waals surface area contributed by atoms with Crippen LogP contribution in [0.3, 0.4) is 0 Å². The van der Waals surface area contributed by atoms with Crippen LogP contribution in [0, 0.1) is 5.82 Å². The Labute approximate surface area is 174 Å². The first kappa shape index (κ1) is 22.0. The number of aromatic nitrogens is 1. The van der Waals surface area contributed by atoms with Gasteiger partial charge in [0.1, 0.15) is 12.0 Å². The molecule has 1 aromatic carbocycles. The van der Waals surface area contributed by atoms with Crippen LogP contribution in [-0.2, 0) is 4.79 Å². The zero-order valence-electron chi connectivity index (χ0n) is 18.4. The summed E-state index contributed by atoms with van der Waals surface area (Å²) in [6, 6.07) is 4.45. The van der Waals surface area contributed by atoms with E-state index in [1.807, 2.05) is 12.3 Å². The highest BCUT2D eigenvalue weighted by Gasteiger charge is 2.46. The van der Waals surface area contributed by atoms with Crippen molar-refractivity contribution >= 4 is 25.0 Å². The van der Waals surface area contributed by atoms with E-state index in [-0.39, 0.29) is 11.7 Å². The number of fused-ring (bicyclic) bond motifs is 1. The molecule has 1 aromatic heterocycles. The Morgan fingerprint density at radius 2 is 1.72 bits per heavy atom. The van der Waals surface area contributed by atoms with Gasteiger partial charge in [0, 0.05) is 29.1 Å². The number of halogens is 2. The Morgan fingerprint density at radius 3 is 2.28 bits per heavy atom. The second kappa shape index (κ2) is 8.21. The van der Waals surface area contributed by atoms with Gasteiger partial charge in [-0.15, -0.1) is 0 Å². The predicted molar refractivity (Wildman–Crippen MR) is 118 cm³/mol. The second-order valence-corrected chi connectivity index (χ2v) is 15.1. The number of hydrogen-bond donors (Lipinski definition) is 1. The van der Waals surface area contributed by atoms with Crippen LogP contribution in [-0.4, -0.2) is 24.4 Å². The lowest BCUT2D eigenvalue weighted by atomic mass is 9.95. The highest BCUT2D eigenvalue weighted by Crippen LogP contribution is 2.46. The van der Waals surface area contributed by atoms with Crippen LogP contribution >= 0.6 is 0 Å². The van der Waals surface area contributed by atoms with Crippen molar-refractivity contribution in [3.05, 3.63) is 35.8 Å². The molecule has 2 aromatic rings. The standard InChI is InChI=1S/C23H34F2N2OSi/c1-14(2)29(15(3)4,16(5)6)27-13-17(22-18(24)9-7-11-20(22)27)23(25)19-10-8-12-21(28)26-19/h7,9,11,13-16,19,23H,8,10,12H2,1-6H3,(H,26,28)/t19?,23-/m0/s1. The van der Waals surface area contributed by atoms with Crippen LogP contribution in [0.5, 0.6) is 0 Å². The molecule has 0 spiro atoms. The first-order valence-corrected chi connectivity index (χ1v) is 13.0. The summed E-state index contributed by atoms with van der Waals surface area (Å²) in [4.78, 5) is 11.8. The average Bonchev–Trinajstić information content (AvgIpc) is 3.02. The summed E-state index contributed by atoms with van der Waals surface area (Å²) in [7, 11) is -2.18. The highest BCUT2D eigenvalue weighted by atomic mass is 28.3. The van der Waals surface area contributed by atoms with E-state index in [2.05, 4.69) is 51.1 Å². The van der Waals surface area contributed by atoms with Gasteiger partial charge in [0.25, 0.3) is 0 Å². The van der Waals surface area contributed by atoms with E-state index in [1.165, 1.54) is 6.07 Å². The Kier molecular flexibility index (Phi) is 6.23. The number of nitrogens with zero attached hydrogens (tertiary/aromatic N) is 1. The molecule has 29 heavy (non-hydrogen) atoms. The minimum Gasteiger partial charge on any atom is -0.373 e. The molecule has 3 nitrogen and oxygen atoms in total. The molecule has 1 fully saturated rings. The smallest absolute Gasteiger partial charge is 0.220 e. The van der Waals surface area contributed by atoms with E-state index >= 15 is 8.78 Å². The van der Waals surface area contributed by atoms with Gasteiger partial charge in [0.2, 0.25) is 5.91 Å². The number of carbonyl (C=O) groups excluding carboxylic acids is 1. The molecule has 3 rings (SSSR count). The van der Waals surface area contributed by atoms with E-state index in [4.69, 9.17) is 0 Å². The van der Waals surface area contributed by atoms with Gasteiger partial charge in [0.15, 0.2) is 8.24 Å². The number of nitrogens with one attached hydrogen (secondary N) is 1. The molecule has 160 valence electrons. The molecule has 0 saturated carbocycles. The topological polar surface area (TPSA) is 34.0 Å². The Morgan fingerprint density at radius 1 is 1.10 bits per heavy atom. The van der Waals surface area contributed by atoms with Crippen molar-refractivity contribution < 1.29 is 13.6 Å². The van der Waals surface area contributed by atoms with Gasteiger partial charge >= 0.3 is 0 Å². The Bertz CT molecular complexity index is 869. The van der Waals surface area contributed by atoms with Gasteiger partial charge < -0.3 is 9.55 Å². The summed E-state index contributed by atoms with van der Waals surface area (Å²) in [6.07, 6.45) is 2.14. The zero-order valence-corrected chi connectivity index (χ0v) is 19.4. The van der Waals surface area contributed by atoms with Gasteiger partial charge in [-0.1, -0.05) is 47.6 Å². The minimum atomic E-state index is -2.18. The third kappa shape index (κ3) is 3.54. The number of benzene rings is 1. The fraction of sp³-hybridized carbons (Fsp3) is 0.609. The van der Waals surface area contributed by atoms with E-state index in [9.17, 15) is 4.79 Å². The largest absolute Gasteiger partial charge is 0.373 e. The second-order valence-electron chi connectivity index (χ2n) is 9.41. The molecule has 0 bridgehead atoms. The fourth-order valence-electron chi connectivity index (χ4n) is 5.91. The van der Waals surface area contributed by atoms with E-state index in [1.54, 1.807) is 6.07 Å². The van der Waals surface area contributed by atoms with Gasteiger partial charge in [-0.25, -0.2) is 8.78 Å². The van der Waals surface area contributed by atoms with Crippen molar-refractivity contribution in [3.8, 4) is 0 Å². The molecule has 6 heteroatoms. The molecule has 1 aliphatic heterocycles. The number of piperidine rings is 1. The molecule has 2 heterocycles. The van der Waals surface area contributed by atoms with Crippen molar-refractivity contribution in [1.29, 1.82) is 0 Å². The Hall–Kier alpha value is -1.69. The lowest BCUT2D eigenvalue weighted by Crippen LogP contribution is -2.51. The maximum Gasteiger partial charge on any atom is 0.220 e. The summed E-state index contributed by atoms with van der Waals surface area (Å²) in [6.45, 7) is 13.4. The van der Waals surface area contributed by atoms with E-state index < -0.39 is 20.4 Å². The van der Waals surface area contributed by atoms with Gasteiger partial charge in [-0.05, 0) is 41.6 Å². The maximum absolute atomic E-state index is 15.7. The highest BCUT2D eigenvalue weighted by molar-refractivity contribution is 6.82. The normalized spacial score (nSPS) is 19.4. The van der Waals surface area contributed by atoms with Crippen molar-refractivity contribution in [1.82, 2.24) is 9.55 Å². The van der Waals surface area contributed by atoms with E-state index in [0.29, 0.717) is 46.8 Å². The van der Waals surface area contributed by atoms with Gasteiger partial charge in [0.05, 0.1) is 6.04 Å².